The Bertz CT molecular complexity index is 280. The van der Waals surface area contributed by atoms with Crippen LogP contribution in [0.4, 0.5) is 0 Å². The summed E-state index contributed by atoms with van der Waals surface area (Å²) >= 11 is 0. The van der Waals surface area contributed by atoms with Crippen molar-refractivity contribution in [3.63, 3.8) is 0 Å². The molecule has 0 saturated heterocycles. The van der Waals surface area contributed by atoms with E-state index in [2.05, 4.69) is 0 Å². The van der Waals surface area contributed by atoms with Gasteiger partial charge in [0, 0.05) is 11.9 Å². The fourth-order valence-corrected chi connectivity index (χ4v) is 1.09. The maximum Gasteiger partial charge on any atom is 0.325 e. The van der Waals surface area contributed by atoms with Gasteiger partial charge in [-0.1, -0.05) is 0 Å². The topological polar surface area (TPSA) is 51.5 Å². The molecule has 1 aromatic rings. The van der Waals surface area contributed by atoms with E-state index in [1.54, 1.807) is 29.8 Å². The number of nitrogens with zero attached hydrogens (tertiary/aromatic N) is 1. The molecule has 4 heteroatoms. The van der Waals surface area contributed by atoms with Crippen molar-refractivity contribution in [2.45, 2.75) is 20.1 Å². The van der Waals surface area contributed by atoms with Crippen molar-refractivity contribution < 1.29 is 14.6 Å². The summed E-state index contributed by atoms with van der Waals surface area (Å²) in [5.41, 5.74) is 0.716. The van der Waals surface area contributed by atoms with Gasteiger partial charge in [-0.25, -0.2) is 0 Å². The highest BCUT2D eigenvalue weighted by atomic mass is 16.5. The van der Waals surface area contributed by atoms with E-state index in [-0.39, 0.29) is 19.1 Å². The van der Waals surface area contributed by atoms with Crippen molar-refractivity contribution in [1.29, 1.82) is 0 Å². The van der Waals surface area contributed by atoms with E-state index in [9.17, 15) is 4.79 Å². The predicted octanol–water partition coefficient (Wildman–Crippen LogP) is 0.544. The molecule has 0 aliphatic carbocycles. The zero-order valence-electron chi connectivity index (χ0n) is 7.56. The van der Waals surface area contributed by atoms with Crippen molar-refractivity contribution in [3.8, 4) is 0 Å². The molecular weight excluding hydrogens is 170 g/mol. The van der Waals surface area contributed by atoms with Crippen molar-refractivity contribution >= 4 is 5.97 Å². The minimum Gasteiger partial charge on any atom is -0.465 e. The minimum atomic E-state index is -0.284. The Morgan fingerprint density at radius 1 is 1.69 bits per heavy atom. The lowest BCUT2D eigenvalue weighted by Crippen LogP contribution is -2.14. The van der Waals surface area contributed by atoms with Crippen LogP contribution in [0.5, 0.6) is 0 Å². The summed E-state index contributed by atoms with van der Waals surface area (Å²) in [6.07, 6.45) is 1.74. The molecule has 4 nitrogen and oxygen atoms in total. The first-order valence-electron chi connectivity index (χ1n) is 4.18. The van der Waals surface area contributed by atoms with Gasteiger partial charge in [-0.05, 0) is 19.1 Å². The number of aromatic nitrogens is 1. The van der Waals surface area contributed by atoms with E-state index in [1.165, 1.54) is 0 Å². The lowest BCUT2D eigenvalue weighted by atomic mass is 10.4. The lowest BCUT2D eigenvalue weighted by Gasteiger charge is -2.06. The van der Waals surface area contributed by atoms with E-state index in [0.717, 1.165) is 0 Å². The van der Waals surface area contributed by atoms with Crippen molar-refractivity contribution in [2.24, 2.45) is 0 Å². The van der Waals surface area contributed by atoms with Gasteiger partial charge in [0.15, 0.2) is 0 Å². The first kappa shape index (κ1) is 9.80. The molecule has 0 fully saturated rings. The fraction of sp³-hybridized carbons (Fsp3) is 0.444. The molecule has 1 heterocycles. The highest BCUT2D eigenvalue weighted by Gasteiger charge is 2.05. The molecule has 0 bridgehead atoms. The first-order chi connectivity index (χ1) is 6.27. The molecule has 13 heavy (non-hydrogen) atoms. The normalized spacial score (nSPS) is 10.0. The SMILES string of the molecule is CCOC(=O)Cn1cccc1CO. The molecule has 1 rings (SSSR count). The second kappa shape index (κ2) is 4.67. The minimum absolute atomic E-state index is 0.0631. The number of rotatable bonds is 4. The Balaban J connectivity index is 2.57. The van der Waals surface area contributed by atoms with Crippen LogP contribution in [0.1, 0.15) is 12.6 Å². The summed E-state index contributed by atoms with van der Waals surface area (Å²) in [6.45, 7) is 2.25. The molecule has 0 aliphatic rings. The van der Waals surface area contributed by atoms with Gasteiger partial charge in [0.05, 0.1) is 13.2 Å². The zero-order valence-corrected chi connectivity index (χ0v) is 7.56. The molecule has 0 saturated carbocycles. The molecule has 0 unspecified atom stereocenters. The molecule has 0 radical (unpaired) electrons. The van der Waals surface area contributed by atoms with Crippen LogP contribution >= 0.6 is 0 Å². The van der Waals surface area contributed by atoms with Crippen LogP contribution in [0.25, 0.3) is 0 Å². The van der Waals surface area contributed by atoms with Crippen LogP contribution in [-0.2, 0) is 22.7 Å². The number of aliphatic hydroxyl groups is 1. The smallest absolute Gasteiger partial charge is 0.325 e. The molecule has 1 aromatic heterocycles. The van der Waals surface area contributed by atoms with Gasteiger partial charge in [0.25, 0.3) is 0 Å². The number of ether oxygens (including phenoxy) is 1. The Kier molecular flexibility index (Phi) is 3.52. The van der Waals surface area contributed by atoms with Gasteiger partial charge in [-0.15, -0.1) is 0 Å². The van der Waals surface area contributed by atoms with Gasteiger partial charge in [-0.3, -0.25) is 4.79 Å². The summed E-state index contributed by atoms with van der Waals surface area (Å²) < 4.78 is 6.44. The number of carbonyl (C=O) groups is 1. The molecular formula is C9H13NO3. The van der Waals surface area contributed by atoms with E-state index < -0.39 is 0 Å². The summed E-state index contributed by atoms with van der Waals surface area (Å²) in [5.74, 6) is -0.284. The predicted molar refractivity (Wildman–Crippen MR) is 47.0 cm³/mol. The Morgan fingerprint density at radius 3 is 3.08 bits per heavy atom. The van der Waals surface area contributed by atoms with Crippen LogP contribution in [0, 0.1) is 0 Å². The van der Waals surface area contributed by atoms with Gasteiger partial charge < -0.3 is 14.4 Å². The summed E-state index contributed by atoms with van der Waals surface area (Å²) in [7, 11) is 0. The van der Waals surface area contributed by atoms with Gasteiger partial charge in [-0.2, -0.15) is 0 Å². The van der Waals surface area contributed by atoms with Crippen molar-refractivity contribution in [3.05, 3.63) is 24.0 Å². The van der Waals surface area contributed by atoms with Crippen LogP contribution in [0.2, 0.25) is 0 Å². The maximum atomic E-state index is 11.1. The van der Waals surface area contributed by atoms with Crippen LogP contribution in [0.3, 0.4) is 0 Å². The average molecular weight is 183 g/mol. The quantitative estimate of drug-likeness (QED) is 0.693. The Hall–Kier alpha value is -1.29. The van der Waals surface area contributed by atoms with Crippen LogP contribution in [-0.4, -0.2) is 22.2 Å². The molecule has 0 aromatic carbocycles. The Morgan fingerprint density at radius 2 is 2.46 bits per heavy atom. The summed E-state index contributed by atoms with van der Waals surface area (Å²) in [6, 6.07) is 3.55. The van der Waals surface area contributed by atoms with Crippen molar-refractivity contribution in [1.82, 2.24) is 4.57 Å². The zero-order chi connectivity index (χ0) is 9.68. The number of esters is 1. The molecule has 1 N–H and O–H groups in total. The van der Waals surface area contributed by atoms with Crippen LogP contribution < -0.4 is 0 Å². The average Bonchev–Trinajstić information content (AvgIpc) is 2.52. The molecule has 0 amide bonds. The largest absolute Gasteiger partial charge is 0.465 e. The number of aliphatic hydroxyl groups excluding tert-OH is 1. The number of hydrogen-bond donors (Lipinski definition) is 1. The van der Waals surface area contributed by atoms with E-state index in [0.29, 0.717) is 12.3 Å². The summed E-state index contributed by atoms with van der Waals surface area (Å²) in [5, 5.41) is 8.88. The van der Waals surface area contributed by atoms with Gasteiger partial charge >= 0.3 is 5.97 Å². The molecule has 72 valence electrons. The summed E-state index contributed by atoms with van der Waals surface area (Å²) in [4.78, 5) is 11.1. The number of carbonyl (C=O) groups excluding carboxylic acids is 1. The fourth-order valence-electron chi connectivity index (χ4n) is 1.09. The third kappa shape index (κ3) is 2.59. The third-order valence-electron chi connectivity index (χ3n) is 1.69. The standard InChI is InChI=1S/C9H13NO3/c1-2-13-9(12)6-10-5-3-4-8(10)7-11/h3-5,11H,2,6-7H2,1H3. The lowest BCUT2D eigenvalue weighted by molar-refractivity contribution is -0.143. The monoisotopic (exact) mass is 183 g/mol. The second-order valence-corrected chi connectivity index (χ2v) is 2.59. The first-order valence-corrected chi connectivity index (χ1v) is 4.18. The molecule has 0 spiro atoms. The second-order valence-electron chi connectivity index (χ2n) is 2.59. The van der Waals surface area contributed by atoms with Gasteiger partial charge in [0.1, 0.15) is 6.54 Å². The molecule has 0 aliphatic heterocycles. The number of hydrogen-bond acceptors (Lipinski definition) is 3. The maximum absolute atomic E-state index is 11.1. The highest BCUT2D eigenvalue weighted by Crippen LogP contribution is 2.02. The highest BCUT2D eigenvalue weighted by molar-refractivity contribution is 5.69. The Labute approximate surface area is 76.7 Å². The van der Waals surface area contributed by atoms with Crippen LogP contribution in [0.15, 0.2) is 18.3 Å². The third-order valence-corrected chi connectivity index (χ3v) is 1.69. The van der Waals surface area contributed by atoms with Crippen molar-refractivity contribution in [2.75, 3.05) is 6.61 Å². The van der Waals surface area contributed by atoms with E-state index in [1.807, 2.05) is 0 Å². The molecule has 0 atom stereocenters. The van der Waals surface area contributed by atoms with E-state index in [4.69, 9.17) is 9.84 Å². The van der Waals surface area contributed by atoms with E-state index >= 15 is 0 Å². The van der Waals surface area contributed by atoms with Gasteiger partial charge in [0.2, 0.25) is 0 Å².